The standard InChI is InChI=1S/C27H25F3N2O3/c28-27(29,30)20-12-8-18(9-13-20)22-5-1-2-6-23(22)26(35)31-21-14-10-19(11-15-21)24-7-3-4-16-32(24)17-25(33)34/h1-2,5-6,8-15,24H,3-4,7,16-17H2,(H,31,35)(H,33,34). The van der Waals surface area contributed by atoms with E-state index in [-0.39, 0.29) is 18.5 Å². The lowest BCUT2D eigenvalue weighted by molar-refractivity contribution is -0.139. The van der Waals surface area contributed by atoms with Crippen molar-refractivity contribution < 1.29 is 27.9 Å². The summed E-state index contributed by atoms with van der Waals surface area (Å²) in [4.78, 5) is 26.2. The van der Waals surface area contributed by atoms with Gasteiger partial charge in [-0.2, -0.15) is 13.2 Å². The summed E-state index contributed by atoms with van der Waals surface area (Å²) < 4.78 is 38.7. The highest BCUT2D eigenvalue weighted by atomic mass is 19.4. The van der Waals surface area contributed by atoms with Crippen LogP contribution in [-0.2, 0) is 11.0 Å². The molecular weight excluding hydrogens is 457 g/mol. The van der Waals surface area contributed by atoms with Crippen molar-refractivity contribution in [2.75, 3.05) is 18.4 Å². The number of amides is 1. The van der Waals surface area contributed by atoms with Gasteiger partial charge in [0.1, 0.15) is 0 Å². The molecule has 0 bridgehead atoms. The van der Waals surface area contributed by atoms with Crippen LogP contribution in [0, 0.1) is 0 Å². The van der Waals surface area contributed by atoms with Crippen LogP contribution in [0.25, 0.3) is 11.1 Å². The van der Waals surface area contributed by atoms with Gasteiger partial charge in [-0.25, -0.2) is 0 Å². The molecule has 3 aromatic carbocycles. The molecule has 1 aliphatic heterocycles. The first-order valence-electron chi connectivity index (χ1n) is 11.4. The Labute approximate surface area is 201 Å². The molecular formula is C27H25F3N2O3. The van der Waals surface area contributed by atoms with Gasteiger partial charge >= 0.3 is 12.1 Å². The zero-order valence-electron chi connectivity index (χ0n) is 18.9. The Morgan fingerprint density at radius 1 is 0.943 bits per heavy atom. The average Bonchev–Trinajstić information content (AvgIpc) is 2.84. The lowest BCUT2D eigenvalue weighted by atomic mass is 9.95. The van der Waals surface area contributed by atoms with Crippen LogP contribution in [0.4, 0.5) is 18.9 Å². The quantitative estimate of drug-likeness (QED) is 0.437. The fraction of sp³-hybridized carbons (Fsp3) is 0.259. The fourth-order valence-electron chi connectivity index (χ4n) is 4.49. The predicted octanol–water partition coefficient (Wildman–Crippen LogP) is 6.24. The van der Waals surface area contributed by atoms with Crippen molar-refractivity contribution in [3.05, 3.63) is 89.5 Å². The smallest absolute Gasteiger partial charge is 0.416 e. The zero-order valence-corrected chi connectivity index (χ0v) is 18.9. The maximum absolute atomic E-state index is 13.0. The Morgan fingerprint density at radius 2 is 1.63 bits per heavy atom. The van der Waals surface area contributed by atoms with Crippen LogP contribution in [-0.4, -0.2) is 35.0 Å². The zero-order chi connectivity index (χ0) is 25.0. The number of nitrogens with zero attached hydrogens (tertiary/aromatic N) is 1. The van der Waals surface area contributed by atoms with Gasteiger partial charge in [-0.15, -0.1) is 0 Å². The first kappa shape index (κ1) is 24.5. The van der Waals surface area contributed by atoms with Crippen molar-refractivity contribution in [2.24, 2.45) is 0 Å². The number of aliphatic carboxylic acids is 1. The van der Waals surface area contributed by atoms with Crippen molar-refractivity contribution >= 4 is 17.6 Å². The minimum absolute atomic E-state index is 0.0100. The van der Waals surface area contributed by atoms with E-state index >= 15 is 0 Å². The number of carbonyl (C=O) groups excluding carboxylic acids is 1. The number of hydrogen-bond donors (Lipinski definition) is 2. The number of rotatable bonds is 6. The molecule has 0 aliphatic carbocycles. The third-order valence-electron chi connectivity index (χ3n) is 6.20. The molecule has 3 aromatic rings. The highest BCUT2D eigenvalue weighted by Crippen LogP contribution is 2.33. The number of anilines is 1. The second-order valence-corrected chi connectivity index (χ2v) is 8.57. The third kappa shape index (κ3) is 5.89. The molecule has 1 atom stereocenters. The van der Waals surface area contributed by atoms with Crippen molar-refractivity contribution in [1.29, 1.82) is 0 Å². The number of likely N-dealkylation sites (tertiary alicyclic amines) is 1. The number of piperidine rings is 1. The van der Waals surface area contributed by atoms with Crippen LogP contribution in [0.5, 0.6) is 0 Å². The van der Waals surface area contributed by atoms with Gasteiger partial charge in [-0.1, -0.05) is 48.9 Å². The molecule has 1 aliphatic rings. The van der Waals surface area contributed by atoms with E-state index in [1.807, 2.05) is 17.0 Å². The maximum Gasteiger partial charge on any atom is 0.416 e. The number of nitrogens with one attached hydrogen (secondary N) is 1. The normalized spacial score (nSPS) is 16.6. The number of halogens is 3. The number of alkyl halides is 3. The molecule has 35 heavy (non-hydrogen) atoms. The number of hydrogen-bond acceptors (Lipinski definition) is 3. The summed E-state index contributed by atoms with van der Waals surface area (Å²) in [5.74, 6) is -1.23. The SMILES string of the molecule is O=C(O)CN1CCCCC1c1ccc(NC(=O)c2ccccc2-c2ccc(C(F)(F)F)cc2)cc1. The summed E-state index contributed by atoms with van der Waals surface area (Å²) in [5, 5.41) is 12.0. The largest absolute Gasteiger partial charge is 0.480 e. The van der Waals surface area contributed by atoms with Crippen LogP contribution < -0.4 is 5.32 Å². The van der Waals surface area contributed by atoms with E-state index in [1.54, 1.807) is 36.4 Å². The topological polar surface area (TPSA) is 69.6 Å². The Balaban J connectivity index is 1.50. The number of carboxylic acid groups (broad SMARTS) is 1. The van der Waals surface area contributed by atoms with Crippen molar-refractivity contribution in [2.45, 2.75) is 31.5 Å². The molecule has 0 aromatic heterocycles. The second-order valence-electron chi connectivity index (χ2n) is 8.57. The van der Waals surface area contributed by atoms with Gasteiger partial charge < -0.3 is 10.4 Å². The summed E-state index contributed by atoms with van der Waals surface area (Å²) in [5.41, 5.74) is 2.20. The lowest BCUT2D eigenvalue weighted by Crippen LogP contribution is -2.37. The molecule has 1 fully saturated rings. The minimum Gasteiger partial charge on any atom is -0.480 e. The first-order valence-corrected chi connectivity index (χ1v) is 11.4. The van der Waals surface area contributed by atoms with Crippen LogP contribution in [0.3, 0.4) is 0 Å². The Hall–Kier alpha value is -3.65. The molecule has 1 saturated heterocycles. The van der Waals surface area contributed by atoms with Gasteiger partial charge in [0.15, 0.2) is 0 Å². The maximum atomic E-state index is 13.0. The van der Waals surface area contributed by atoms with E-state index < -0.39 is 17.7 Å². The van der Waals surface area contributed by atoms with Crippen LogP contribution >= 0.6 is 0 Å². The number of carboxylic acids is 1. The number of carbonyl (C=O) groups is 2. The van der Waals surface area contributed by atoms with Crippen molar-refractivity contribution in [3.8, 4) is 11.1 Å². The van der Waals surface area contributed by atoms with Crippen molar-refractivity contribution in [1.82, 2.24) is 4.90 Å². The Bertz CT molecular complexity index is 1190. The van der Waals surface area contributed by atoms with E-state index in [1.165, 1.54) is 12.1 Å². The molecule has 5 nitrogen and oxygen atoms in total. The van der Waals surface area contributed by atoms with Crippen LogP contribution in [0.1, 0.15) is 46.8 Å². The summed E-state index contributed by atoms with van der Waals surface area (Å²) in [7, 11) is 0. The molecule has 4 rings (SSSR count). The average molecular weight is 483 g/mol. The minimum atomic E-state index is -4.43. The van der Waals surface area contributed by atoms with E-state index in [2.05, 4.69) is 5.32 Å². The van der Waals surface area contributed by atoms with Gasteiger partial charge in [0.2, 0.25) is 0 Å². The first-order chi connectivity index (χ1) is 16.7. The van der Waals surface area contributed by atoms with Crippen LogP contribution in [0.2, 0.25) is 0 Å². The third-order valence-corrected chi connectivity index (χ3v) is 6.20. The molecule has 0 saturated carbocycles. The summed E-state index contributed by atoms with van der Waals surface area (Å²) >= 11 is 0. The predicted molar refractivity (Wildman–Crippen MR) is 127 cm³/mol. The Morgan fingerprint density at radius 3 is 2.29 bits per heavy atom. The Kier molecular flexibility index (Phi) is 7.21. The van der Waals surface area contributed by atoms with E-state index in [0.717, 1.165) is 43.5 Å². The summed E-state index contributed by atoms with van der Waals surface area (Å²) in [6, 6.07) is 18.8. The number of benzene rings is 3. The van der Waals surface area contributed by atoms with Gasteiger partial charge in [0.25, 0.3) is 5.91 Å². The molecule has 2 N–H and O–H groups in total. The monoisotopic (exact) mass is 482 g/mol. The van der Waals surface area contributed by atoms with Gasteiger partial charge in [-0.05, 0) is 66.4 Å². The van der Waals surface area contributed by atoms with E-state index in [0.29, 0.717) is 22.4 Å². The molecule has 0 radical (unpaired) electrons. The highest BCUT2D eigenvalue weighted by Gasteiger charge is 2.30. The molecule has 8 heteroatoms. The highest BCUT2D eigenvalue weighted by molar-refractivity contribution is 6.08. The van der Waals surface area contributed by atoms with Gasteiger partial charge in [0, 0.05) is 17.3 Å². The second kappa shape index (κ2) is 10.3. The summed E-state index contributed by atoms with van der Waals surface area (Å²) in [6.07, 6.45) is -1.56. The molecule has 1 heterocycles. The lowest BCUT2D eigenvalue weighted by Gasteiger charge is -2.34. The molecule has 1 amide bonds. The molecule has 182 valence electrons. The molecule has 0 spiro atoms. The summed E-state index contributed by atoms with van der Waals surface area (Å²) in [6.45, 7) is 0.722. The van der Waals surface area contributed by atoms with Crippen LogP contribution in [0.15, 0.2) is 72.8 Å². The van der Waals surface area contributed by atoms with Gasteiger partial charge in [-0.3, -0.25) is 14.5 Å². The molecule has 1 unspecified atom stereocenters. The van der Waals surface area contributed by atoms with E-state index in [4.69, 9.17) is 0 Å². The van der Waals surface area contributed by atoms with Crippen molar-refractivity contribution in [3.63, 3.8) is 0 Å². The van der Waals surface area contributed by atoms with E-state index in [9.17, 15) is 27.9 Å². The fourth-order valence-corrected chi connectivity index (χ4v) is 4.49. The van der Waals surface area contributed by atoms with Gasteiger partial charge in [0.05, 0.1) is 12.1 Å².